The molecule has 0 heterocycles. The summed E-state index contributed by atoms with van der Waals surface area (Å²) in [4.78, 5) is 0. The van der Waals surface area contributed by atoms with Gasteiger partial charge >= 0.3 is 0 Å². The molecule has 120 valence electrons. The summed E-state index contributed by atoms with van der Waals surface area (Å²) in [6.07, 6.45) is 0. The number of benzene rings is 2. The van der Waals surface area contributed by atoms with Crippen LogP contribution in [0.3, 0.4) is 0 Å². The molecule has 23 heavy (non-hydrogen) atoms. The molecule has 1 nitrogen and oxygen atoms in total. The molecule has 2 rings (SSSR count). The predicted octanol–water partition coefficient (Wildman–Crippen LogP) is 6.13. The quantitative estimate of drug-likeness (QED) is 0.666. The molecule has 0 saturated carbocycles. The van der Waals surface area contributed by atoms with Crippen LogP contribution in [0, 0.1) is 11.3 Å². The van der Waals surface area contributed by atoms with Gasteiger partial charge in [-0.3, -0.25) is 0 Å². The largest absolute Gasteiger partial charge is 0.192 e. The molecule has 0 aliphatic rings. The number of nitriles is 1. The molecule has 0 spiro atoms. The van der Waals surface area contributed by atoms with Crippen molar-refractivity contribution in [2.45, 2.75) is 58.8 Å². The molecule has 0 unspecified atom stereocenters. The van der Waals surface area contributed by atoms with Gasteiger partial charge in [0.05, 0.1) is 11.6 Å². The fraction of sp³-hybridized carbons (Fsp3) is 0.409. The summed E-state index contributed by atoms with van der Waals surface area (Å²) in [5.41, 5.74) is 5.78. The molecular weight excluding hydrogens is 278 g/mol. The lowest BCUT2D eigenvalue weighted by atomic mass is 9.74. The lowest BCUT2D eigenvalue weighted by molar-refractivity contribution is 0.634. The first-order valence-corrected chi connectivity index (χ1v) is 8.43. The maximum atomic E-state index is 9.44. The average Bonchev–Trinajstić information content (AvgIpc) is 2.53. The summed E-state index contributed by atoms with van der Waals surface area (Å²) in [6, 6.07) is 17.1. The minimum absolute atomic E-state index is 0.189. The second kappa shape index (κ2) is 6.59. The van der Waals surface area contributed by atoms with E-state index in [0.717, 1.165) is 11.1 Å². The Labute approximate surface area is 141 Å². The zero-order valence-corrected chi connectivity index (χ0v) is 15.1. The van der Waals surface area contributed by atoms with E-state index in [1.807, 2.05) is 18.2 Å². The Bertz CT molecular complexity index is 730. The Hall–Kier alpha value is -2.07. The Morgan fingerprint density at radius 3 is 2.04 bits per heavy atom. The van der Waals surface area contributed by atoms with Crippen molar-refractivity contribution in [1.82, 2.24) is 0 Å². The van der Waals surface area contributed by atoms with E-state index in [-0.39, 0.29) is 5.41 Å². The minimum Gasteiger partial charge on any atom is -0.192 e. The normalized spacial score (nSPS) is 11.8. The summed E-state index contributed by atoms with van der Waals surface area (Å²) in [7, 11) is 0. The second-order valence-electron chi connectivity index (χ2n) is 7.44. The van der Waals surface area contributed by atoms with Crippen LogP contribution in [0.5, 0.6) is 0 Å². The van der Waals surface area contributed by atoms with Crippen molar-refractivity contribution in [2.24, 2.45) is 0 Å². The van der Waals surface area contributed by atoms with Crippen LogP contribution in [0.15, 0.2) is 42.5 Å². The zero-order valence-electron chi connectivity index (χ0n) is 15.1. The van der Waals surface area contributed by atoms with Crippen LogP contribution in [0.4, 0.5) is 0 Å². The van der Waals surface area contributed by atoms with Crippen molar-refractivity contribution in [3.8, 4) is 6.07 Å². The van der Waals surface area contributed by atoms with Gasteiger partial charge in [-0.25, -0.2) is 0 Å². The van der Waals surface area contributed by atoms with E-state index in [2.05, 4.69) is 71.9 Å². The minimum atomic E-state index is -0.189. The Morgan fingerprint density at radius 1 is 0.870 bits per heavy atom. The molecule has 0 bridgehead atoms. The maximum absolute atomic E-state index is 9.44. The lowest BCUT2D eigenvalue weighted by Gasteiger charge is -2.29. The van der Waals surface area contributed by atoms with Crippen LogP contribution >= 0.6 is 0 Å². The van der Waals surface area contributed by atoms with Crippen LogP contribution in [-0.2, 0) is 5.41 Å². The summed E-state index contributed by atoms with van der Waals surface area (Å²) in [5, 5.41) is 9.44. The van der Waals surface area contributed by atoms with E-state index in [9.17, 15) is 5.26 Å². The zero-order chi connectivity index (χ0) is 17.2. The van der Waals surface area contributed by atoms with Gasteiger partial charge < -0.3 is 0 Å². The SMILES string of the molecule is CC(C)c1ccc(C(C)(C)c2ccccc2C#N)cc1C(C)C. The van der Waals surface area contributed by atoms with Crippen LogP contribution < -0.4 is 0 Å². The van der Waals surface area contributed by atoms with E-state index in [0.29, 0.717) is 11.8 Å². The maximum Gasteiger partial charge on any atom is 0.0994 e. The Balaban J connectivity index is 2.61. The van der Waals surface area contributed by atoms with Crippen molar-refractivity contribution in [2.75, 3.05) is 0 Å². The third kappa shape index (κ3) is 3.32. The second-order valence-corrected chi connectivity index (χ2v) is 7.44. The van der Waals surface area contributed by atoms with Gasteiger partial charge in [-0.1, -0.05) is 77.9 Å². The summed E-state index contributed by atoms with van der Waals surface area (Å²) >= 11 is 0. The Morgan fingerprint density at radius 2 is 1.48 bits per heavy atom. The molecule has 0 N–H and O–H groups in total. The number of hydrogen-bond donors (Lipinski definition) is 0. The molecule has 0 atom stereocenters. The topological polar surface area (TPSA) is 23.8 Å². The van der Waals surface area contributed by atoms with Crippen molar-refractivity contribution < 1.29 is 0 Å². The molecule has 0 aliphatic heterocycles. The number of hydrogen-bond acceptors (Lipinski definition) is 1. The van der Waals surface area contributed by atoms with E-state index < -0.39 is 0 Å². The highest BCUT2D eigenvalue weighted by molar-refractivity contribution is 5.49. The molecule has 0 radical (unpaired) electrons. The summed E-state index contributed by atoms with van der Waals surface area (Å²) in [6.45, 7) is 13.4. The molecule has 0 amide bonds. The van der Waals surface area contributed by atoms with Gasteiger partial charge in [-0.15, -0.1) is 0 Å². The molecule has 1 heteroatoms. The molecule has 0 saturated heterocycles. The molecule has 2 aromatic carbocycles. The lowest BCUT2D eigenvalue weighted by Crippen LogP contribution is -2.21. The van der Waals surface area contributed by atoms with Crippen molar-refractivity contribution in [3.05, 3.63) is 70.3 Å². The first-order valence-electron chi connectivity index (χ1n) is 8.43. The fourth-order valence-corrected chi connectivity index (χ4v) is 3.27. The predicted molar refractivity (Wildman–Crippen MR) is 97.9 cm³/mol. The monoisotopic (exact) mass is 305 g/mol. The average molecular weight is 305 g/mol. The van der Waals surface area contributed by atoms with Crippen LogP contribution in [0.1, 0.15) is 81.2 Å². The molecular formula is C22H27N. The van der Waals surface area contributed by atoms with Gasteiger partial charge in [-0.2, -0.15) is 5.26 Å². The van der Waals surface area contributed by atoms with Crippen molar-refractivity contribution in [3.63, 3.8) is 0 Å². The van der Waals surface area contributed by atoms with Crippen molar-refractivity contribution >= 4 is 0 Å². The number of nitrogens with zero attached hydrogens (tertiary/aromatic N) is 1. The highest BCUT2D eigenvalue weighted by Gasteiger charge is 2.27. The van der Waals surface area contributed by atoms with Crippen LogP contribution in [0.25, 0.3) is 0 Å². The third-order valence-electron chi connectivity index (χ3n) is 4.77. The smallest absolute Gasteiger partial charge is 0.0994 e. The molecule has 2 aromatic rings. The van der Waals surface area contributed by atoms with E-state index in [1.54, 1.807) is 0 Å². The van der Waals surface area contributed by atoms with Crippen LogP contribution in [-0.4, -0.2) is 0 Å². The number of rotatable bonds is 4. The highest BCUT2D eigenvalue weighted by atomic mass is 14.3. The third-order valence-corrected chi connectivity index (χ3v) is 4.77. The van der Waals surface area contributed by atoms with E-state index in [1.165, 1.54) is 16.7 Å². The van der Waals surface area contributed by atoms with Crippen LogP contribution in [0.2, 0.25) is 0 Å². The summed E-state index contributed by atoms with van der Waals surface area (Å²) in [5.74, 6) is 1.02. The molecule has 0 fully saturated rings. The first kappa shape index (κ1) is 17.3. The van der Waals surface area contributed by atoms with Crippen molar-refractivity contribution in [1.29, 1.82) is 5.26 Å². The summed E-state index contributed by atoms with van der Waals surface area (Å²) < 4.78 is 0. The molecule has 0 aliphatic carbocycles. The standard InChI is InChI=1S/C22H27N/c1-15(2)19-12-11-18(13-20(19)16(3)4)22(5,6)21-10-8-7-9-17(21)14-23/h7-13,15-16H,1-6H3. The first-order chi connectivity index (χ1) is 10.8. The van der Waals surface area contributed by atoms with Gasteiger partial charge in [0.25, 0.3) is 0 Å². The highest BCUT2D eigenvalue weighted by Crippen LogP contribution is 2.37. The van der Waals surface area contributed by atoms with E-state index in [4.69, 9.17) is 0 Å². The van der Waals surface area contributed by atoms with Gasteiger partial charge in [0, 0.05) is 5.41 Å². The van der Waals surface area contributed by atoms with Gasteiger partial charge in [0.2, 0.25) is 0 Å². The molecule has 0 aromatic heterocycles. The fourth-order valence-electron chi connectivity index (χ4n) is 3.27. The Kier molecular flexibility index (Phi) is 4.95. The van der Waals surface area contributed by atoms with Gasteiger partial charge in [0.1, 0.15) is 0 Å². The van der Waals surface area contributed by atoms with Gasteiger partial charge in [0.15, 0.2) is 0 Å². The van der Waals surface area contributed by atoms with Gasteiger partial charge in [-0.05, 0) is 40.2 Å². The van der Waals surface area contributed by atoms with E-state index >= 15 is 0 Å².